The molecule has 3 aliphatic heterocycles. The van der Waals surface area contributed by atoms with Crippen molar-refractivity contribution in [3.63, 3.8) is 0 Å². The molecule has 2 N–H and O–H groups in total. The van der Waals surface area contributed by atoms with Gasteiger partial charge in [0.25, 0.3) is 11.8 Å². The molecular formula is C44H79N3O18S. The molecule has 3 heterocycles. The number of ether oxygens (including phenoxy) is 12. The molecular weight excluding hydrogens is 891 g/mol. The van der Waals surface area contributed by atoms with Gasteiger partial charge in [0.1, 0.15) is 5.78 Å². The number of amides is 4. The lowest BCUT2D eigenvalue weighted by molar-refractivity contribution is -0.198. The first kappa shape index (κ1) is 59.5. The Morgan fingerprint density at radius 3 is 1.42 bits per heavy atom. The lowest BCUT2D eigenvalue weighted by atomic mass is 10.0. The Balaban J connectivity index is 0.000000456. The predicted molar refractivity (Wildman–Crippen MR) is 241 cm³/mol. The second-order valence-electron chi connectivity index (χ2n) is 15.0. The van der Waals surface area contributed by atoms with Crippen molar-refractivity contribution in [2.24, 2.45) is 0 Å². The summed E-state index contributed by atoms with van der Waals surface area (Å²) in [5, 5.41) is 6.97. The van der Waals surface area contributed by atoms with Crippen molar-refractivity contribution in [3.05, 3.63) is 0 Å². The number of unbranched alkanes of at least 4 members (excludes halogenated alkanes) is 1. The zero-order chi connectivity index (χ0) is 47.6. The largest absolute Gasteiger partial charge is 0.382 e. The maximum absolute atomic E-state index is 12.0. The van der Waals surface area contributed by atoms with Gasteiger partial charge in [0.05, 0.1) is 157 Å². The monoisotopic (exact) mass is 970 g/mol. The lowest BCUT2D eigenvalue weighted by Gasteiger charge is -2.16. The van der Waals surface area contributed by atoms with E-state index in [9.17, 15) is 24.0 Å². The van der Waals surface area contributed by atoms with Crippen molar-refractivity contribution in [3.8, 4) is 0 Å². The van der Waals surface area contributed by atoms with E-state index in [1.54, 1.807) is 7.11 Å². The van der Waals surface area contributed by atoms with Crippen LogP contribution in [0.25, 0.3) is 0 Å². The fourth-order valence-corrected chi connectivity index (χ4v) is 7.78. The van der Waals surface area contributed by atoms with Crippen LogP contribution < -0.4 is 10.6 Å². The van der Waals surface area contributed by atoms with Crippen molar-refractivity contribution in [1.29, 1.82) is 0 Å². The Labute approximate surface area is 395 Å². The van der Waals surface area contributed by atoms with Crippen LogP contribution in [0.4, 0.5) is 4.79 Å². The quantitative estimate of drug-likeness (QED) is 0.0506. The number of rotatable bonds is 45. The number of thioether (sulfide) groups is 1. The second-order valence-corrected chi connectivity index (χ2v) is 16.3. The normalized spacial score (nSPS) is 17.8. The van der Waals surface area contributed by atoms with Crippen molar-refractivity contribution in [2.45, 2.75) is 88.5 Å². The van der Waals surface area contributed by atoms with Crippen LogP contribution in [0.15, 0.2) is 0 Å². The van der Waals surface area contributed by atoms with Crippen molar-refractivity contribution >= 4 is 41.4 Å². The number of fused-ring (bicyclic) bond motifs is 1. The standard InChI is InChI=1S/C22H40N2O6S.C22H39NO12/c1-2-9-27-11-13-29-15-16-30-14-12-28-10-5-7-18(25)6-3-4-8-20-21-19(17-31-20)23-22(26)24-21;1-27-6-7-29-10-11-31-14-15-33-18-19-34-17-16-32-13-12-30-9-8-28-5-4-22(26)35-23-20(24)2-3-21(23)25/h19-21H,2-17H2,1H3,(H2,23,24,26);2-19H2,1H3. The first-order valence-electron chi connectivity index (χ1n) is 23.5. The van der Waals surface area contributed by atoms with E-state index in [0.29, 0.717) is 168 Å². The molecule has 21 nitrogen and oxygen atoms in total. The van der Waals surface area contributed by atoms with Gasteiger partial charge in [-0.2, -0.15) is 11.8 Å². The van der Waals surface area contributed by atoms with Crippen LogP contribution in [0.2, 0.25) is 0 Å². The molecule has 3 unspecified atom stereocenters. The maximum atomic E-state index is 12.0. The molecule has 0 aromatic carbocycles. The van der Waals surface area contributed by atoms with Gasteiger partial charge in [0.2, 0.25) is 0 Å². The van der Waals surface area contributed by atoms with Crippen molar-refractivity contribution < 1.29 is 85.7 Å². The Kier molecular flexibility index (Phi) is 38.4. The lowest BCUT2D eigenvalue weighted by Crippen LogP contribution is -2.36. The van der Waals surface area contributed by atoms with Gasteiger partial charge in [-0.25, -0.2) is 9.59 Å². The van der Waals surface area contributed by atoms with Crippen LogP contribution in [0, 0.1) is 0 Å². The Morgan fingerprint density at radius 2 is 0.955 bits per heavy atom. The van der Waals surface area contributed by atoms with E-state index < -0.39 is 17.8 Å². The molecule has 3 fully saturated rings. The highest BCUT2D eigenvalue weighted by Crippen LogP contribution is 2.33. The summed E-state index contributed by atoms with van der Waals surface area (Å²) >= 11 is 1.93. The molecule has 0 aromatic rings. The maximum Gasteiger partial charge on any atom is 0.335 e. The van der Waals surface area contributed by atoms with Crippen molar-refractivity contribution in [2.75, 3.05) is 165 Å². The Hall–Kier alpha value is -2.58. The summed E-state index contributed by atoms with van der Waals surface area (Å²) in [6.07, 6.45) is 6.10. The first-order chi connectivity index (χ1) is 32.3. The molecule has 0 saturated carbocycles. The highest BCUT2D eigenvalue weighted by atomic mass is 32.2. The van der Waals surface area contributed by atoms with Crippen LogP contribution in [-0.2, 0) is 80.9 Å². The molecule has 3 rings (SSSR count). The average Bonchev–Trinajstić information content (AvgIpc) is 3.98. The summed E-state index contributed by atoms with van der Waals surface area (Å²) in [5.41, 5.74) is 0. The Bertz CT molecular complexity index is 1240. The van der Waals surface area contributed by atoms with Gasteiger partial charge in [-0.1, -0.05) is 13.3 Å². The van der Waals surface area contributed by atoms with Crippen LogP contribution in [-0.4, -0.2) is 217 Å². The zero-order valence-corrected chi connectivity index (χ0v) is 40.3. The molecule has 0 radical (unpaired) electrons. The fraction of sp³-hybridized carbons (Fsp3) is 0.886. The molecule has 0 aliphatic carbocycles. The van der Waals surface area contributed by atoms with Gasteiger partial charge in [0.15, 0.2) is 0 Å². The van der Waals surface area contributed by atoms with Gasteiger partial charge >= 0.3 is 12.0 Å². The third kappa shape index (κ3) is 32.2. The topological polar surface area (TPSA) is 233 Å². The number of hydroxylamine groups is 2. The number of nitrogens with one attached hydrogen (secondary N) is 2. The number of urea groups is 1. The number of carbonyl (C=O) groups excluding carboxylic acids is 5. The van der Waals surface area contributed by atoms with E-state index in [2.05, 4.69) is 17.6 Å². The van der Waals surface area contributed by atoms with Gasteiger partial charge in [-0.15, -0.1) is 5.06 Å². The van der Waals surface area contributed by atoms with Gasteiger partial charge in [-0.3, -0.25) is 14.4 Å². The minimum absolute atomic E-state index is 0.0398. The number of Topliss-reactive ketones (excluding diaryl/α,β-unsaturated/α-hetero) is 1. The fourth-order valence-electron chi connectivity index (χ4n) is 6.24. The molecule has 3 aliphatic rings. The van der Waals surface area contributed by atoms with E-state index in [4.69, 9.17) is 61.7 Å². The highest BCUT2D eigenvalue weighted by Gasteiger charge is 2.42. The van der Waals surface area contributed by atoms with Crippen LogP contribution in [0.3, 0.4) is 0 Å². The molecule has 0 bridgehead atoms. The minimum Gasteiger partial charge on any atom is -0.382 e. The van der Waals surface area contributed by atoms with Gasteiger partial charge in [0, 0.05) is 57.0 Å². The van der Waals surface area contributed by atoms with Crippen LogP contribution in [0.5, 0.6) is 0 Å². The number of ketones is 1. The van der Waals surface area contributed by atoms with E-state index in [0.717, 1.165) is 44.5 Å². The summed E-state index contributed by atoms with van der Waals surface area (Å²) < 4.78 is 64.0. The molecule has 0 spiro atoms. The summed E-state index contributed by atoms with van der Waals surface area (Å²) in [5.74, 6) is -0.405. The van der Waals surface area contributed by atoms with Gasteiger partial charge < -0.3 is 72.3 Å². The third-order valence-electron chi connectivity index (χ3n) is 9.65. The number of methoxy groups -OCH3 is 1. The summed E-state index contributed by atoms with van der Waals surface area (Å²) in [6, 6.07) is 0.493. The average molecular weight is 970 g/mol. The molecule has 4 amide bonds. The molecule has 384 valence electrons. The molecule has 0 aromatic heterocycles. The van der Waals surface area contributed by atoms with Crippen molar-refractivity contribution in [1.82, 2.24) is 15.7 Å². The van der Waals surface area contributed by atoms with Crippen LogP contribution in [0.1, 0.15) is 71.1 Å². The first-order valence-corrected chi connectivity index (χ1v) is 24.5. The molecule has 3 saturated heterocycles. The SMILES string of the molecule is CCCOCCOCCOCCOCCCC(=O)CCCCC1SCC2NC(=O)NC21.COCCOCCOCCOCCOCCOCCOCCOCCC(=O)ON1C(=O)CCC1=O. The third-order valence-corrected chi connectivity index (χ3v) is 11.2. The Morgan fingerprint density at radius 1 is 0.530 bits per heavy atom. The number of carbonyl (C=O) groups is 5. The number of nitrogens with zero attached hydrogens (tertiary/aromatic N) is 1. The minimum atomic E-state index is -0.693. The smallest absolute Gasteiger partial charge is 0.335 e. The zero-order valence-electron chi connectivity index (χ0n) is 39.5. The predicted octanol–water partition coefficient (Wildman–Crippen LogP) is 2.28. The second kappa shape index (κ2) is 42.5. The van der Waals surface area contributed by atoms with E-state index >= 15 is 0 Å². The van der Waals surface area contributed by atoms with Gasteiger partial charge in [-0.05, 0) is 25.7 Å². The molecule has 22 heteroatoms. The number of hydrogen-bond donors (Lipinski definition) is 2. The molecule has 3 atom stereocenters. The highest BCUT2D eigenvalue weighted by molar-refractivity contribution is 8.00. The van der Waals surface area contributed by atoms with Crippen LogP contribution >= 0.6 is 11.8 Å². The molecule has 66 heavy (non-hydrogen) atoms. The summed E-state index contributed by atoms with van der Waals surface area (Å²) in [7, 11) is 1.63. The summed E-state index contributed by atoms with van der Waals surface area (Å²) in [4.78, 5) is 62.4. The van der Waals surface area contributed by atoms with E-state index in [1.165, 1.54) is 0 Å². The summed E-state index contributed by atoms with van der Waals surface area (Å²) in [6.45, 7) is 13.6. The number of imide groups is 1. The number of hydrogen-bond acceptors (Lipinski definition) is 19. The van der Waals surface area contributed by atoms with E-state index in [1.807, 2.05) is 11.8 Å². The van der Waals surface area contributed by atoms with E-state index in [-0.39, 0.29) is 44.0 Å².